The van der Waals surface area contributed by atoms with Gasteiger partial charge in [0.15, 0.2) is 0 Å². The lowest BCUT2D eigenvalue weighted by atomic mass is 10.1. The number of H-pyrrole nitrogens is 1. The number of rotatable bonds is 2. The van der Waals surface area contributed by atoms with Crippen molar-refractivity contribution in [3.05, 3.63) is 51.2 Å². The second-order valence-corrected chi connectivity index (χ2v) is 7.76. The highest BCUT2D eigenvalue weighted by Crippen LogP contribution is 2.34. The predicted octanol–water partition coefficient (Wildman–Crippen LogP) is 5.42. The van der Waals surface area contributed by atoms with Crippen molar-refractivity contribution >= 4 is 78.8 Å². The summed E-state index contributed by atoms with van der Waals surface area (Å²) in [6, 6.07) is 12.4. The molecule has 0 bridgehead atoms. The first-order valence-corrected chi connectivity index (χ1v) is 8.46. The van der Waals surface area contributed by atoms with Gasteiger partial charge >= 0.3 is 0 Å². The van der Waals surface area contributed by atoms with Crippen molar-refractivity contribution < 1.29 is 0 Å². The van der Waals surface area contributed by atoms with Crippen LogP contribution in [-0.4, -0.2) is 9.97 Å². The number of aromatic nitrogens is 2. The summed E-state index contributed by atoms with van der Waals surface area (Å²) in [7, 11) is 0. The minimum atomic E-state index is 0. The molecule has 0 unspecified atom stereocenters. The van der Waals surface area contributed by atoms with Crippen LogP contribution in [0.3, 0.4) is 0 Å². The fourth-order valence-electron chi connectivity index (χ4n) is 2.45. The highest BCUT2D eigenvalue weighted by atomic mass is 127. The molecule has 4 nitrogen and oxygen atoms in total. The normalized spacial score (nSPS) is 10.4. The van der Waals surface area contributed by atoms with Gasteiger partial charge in [0, 0.05) is 34.4 Å². The van der Waals surface area contributed by atoms with Gasteiger partial charge in [0.2, 0.25) is 0 Å². The third-order valence-corrected chi connectivity index (χ3v) is 5.28. The third-order valence-electron chi connectivity index (χ3n) is 3.48. The molecule has 0 atom stereocenters. The number of thiophene rings is 1. The van der Waals surface area contributed by atoms with Crippen molar-refractivity contribution in [1.82, 2.24) is 9.97 Å². The molecular weight excluding hydrogens is 443 g/mol. The van der Waals surface area contributed by atoms with Crippen LogP contribution < -0.4 is 5.32 Å². The molecule has 3 heterocycles. The first-order valence-electron chi connectivity index (χ1n) is 6.57. The van der Waals surface area contributed by atoms with Crippen LogP contribution in [-0.2, 0) is 0 Å². The Kier molecular flexibility index (Phi) is 4.43. The van der Waals surface area contributed by atoms with Gasteiger partial charge < -0.3 is 10.3 Å². The zero-order chi connectivity index (χ0) is 15.1. The van der Waals surface area contributed by atoms with E-state index in [1.54, 1.807) is 17.5 Å². The van der Waals surface area contributed by atoms with E-state index in [0.29, 0.717) is 5.56 Å². The quantitative estimate of drug-likeness (QED) is 0.399. The van der Waals surface area contributed by atoms with Crippen LogP contribution in [0.5, 0.6) is 0 Å². The number of fused-ring (bicyclic) bond motifs is 2. The SMILES string of the molecule is Cl.N#Cc1cnc2sc(I)cc2c1Nc1ccc2[nH]ccc2c1. The summed E-state index contributed by atoms with van der Waals surface area (Å²) in [4.78, 5) is 8.48. The van der Waals surface area contributed by atoms with Crippen molar-refractivity contribution in [2.75, 3.05) is 5.32 Å². The molecule has 0 amide bonds. The Morgan fingerprint density at radius 3 is 2.96 bits per heavy atom. The van der Waals surface area contributed by atoms with Crippen LogP contribution in [0.1, 0.15) is 5.56 Å². The van der Waals surface area contributed by atoms with Crippen molar-refractivity contribution in [1.29, 1.82) is 5.26 Å². The Bertz CT molecular complexity index is 1050. The predicted molar refractivity (Wildman–Crippen MR) is 106 cm³/mol. The maximum Gasteiger partial charge on any atom is 0.126 e. The molecule has 0 aliphatic heterocycles. The van der Waals surface area contributed by atoms with Crippen molar-refractivity contribution in [2.45, 2.75) is 0 Å². The molecule has 0 saturated heterocycles. The van der Waals surface area contributed by atoms with Crippen molar-refractivity contribution in [2.24, 2.45) is 0 Å². The van der Waals surface area contributed by atoms with Gasteiger partial charge in [-0.1, -0.05) is 0 Å². The van der Waals surface area contributed by atoms with Gasteiger partial charge in [-0.05, 0) is 52.9 Å². The zero-order valence-corrected chi connectivity index (χ0v) is 15.4. The first-order chi connectivity index (χ1) is 10.7. The van der Waals surface area contributed by atoms with E-state index in [9.17, 15) is 5.26 Å². The lowest BCUT2D eigenvalue weighted by Crippen LogP contribution is -1.95. The Balaban J connectivity index is 0.00000156. The van der Waals surface area contributed by atoms with E-state index < -0.39 is 0 Å². The maximum atomic E-state index is 9.37. The maximum absolute atomic E-state index is 9.37. The molecule has 23 heavy (non-hydrogen) atoms. The summed E-state index contributed by atoms with van der Waals surface area (Å²) in [5, 5.41) is 14.9. The molecule has 0 saturated carbocycles. The van der Waals surface area contributed by atoms with Gasteiger partial charge in [-0.15, -0.1) is 23.7 Å². The first kappa shape index (κ1) is 16.1. The highest BCUT2D eigenvalue weighted by Gasteiger charge is 2.12. The molecule has 0 radical (unpaired) electrons. The molecule has 114 valence electrons. The van der Waals surface area contributed by atoms with E-state index in [2.05, 4.69) is 56.1 Å². The Hall–Kier alpha value is -1.82. The number of hydrogen-bond donors (Lipinski definition) is 2. The molecule has 7 heteroatoms. The van der Waals surface area contributed by atoms with Gasteiger partial charge in [-0.2, -0.15) is 5.26 Å². The van der Waals surface area contributed by atoms with Crippen LogP contribution in [0.2, 0.25) is 0 Å². The van der Waals surface area contributed by atoms with E-state index in [-0.39, 0.29) is 12.4 Å². The van der Waals surface area contributed by atoms with Gasteiger partial charge in [-0.3, -0.25) is 0 Å². The number of nitriles is 1. The van der Waals surface area contributed by atoms with E-state index in [0.717, 1.165) is 35.4 Å². The van der Waals surface area contributed by atoms with Crippen molar-refractivity contribution in [3.63, 3.8) is 0 Å². The topological polar surface area (TPSA) is 64.5 Å². The molecule has 4 rings (SSSR count). The van der Waals surface area contributed by atoms with Crippen LogP contribution in [0.4, 0.5) is 11.4 Å². The molecule has 0 spiro atoms. The Morgan fingerprint density at radius 1 is 1.26 bits per heavy atom. The minimum Gasteiger partial charge on any atom is -0.361 e. The number of nitrogens with one attached hydrogen (secondary N) is 2. The van der Waals surface area contributed by atoms with Gasteiger partial charge in [-0.25, -0.2) is 4.98 Å². The second kappa shape index (κ2) is 6.35. The third kappa shape index (κ3) is 2.87. The molecule has 0 aliphatic carbocycles. The largest absolute Gasteiger partial charge is 0.361 e. The molecule has 0 aliphatic rings. The summed E-state index contributed by atoms with van der Waals surface area (Å²) < 4.78 is 1.15. The Labute approximate surface area is 156 Å². The minimum absolute atomic E-state index is 0. The summed E-state index contributed by atoms with van der Waals surface area (Å²) in [5.41, 5.74) is 3.42. The van der Waals surface area contributed by atoms with E-state index >= 15 is 0 Å². The number of benzene rings is 1. The average Bonchev–Trinajstić information content (AvgIpc) is 3.12. The second-order valence-electron chi connectivity index (χ2n) is 4.83. The summed E-state index contributed by atoms with van der Waals surface area (Å²) in [5.74, 6) is 0. The van der Waals surface area contributed by atoms with Gasteiger partial charge in [0.05, 0.1) is 14.1 Å². The summed E-state index contributed by atoms with van der Waals surface area (Å²) in [6.07, 6.45) is 3.55. The highest BCUT2D eigenvalue weighted by molar-refractivity contribution is 14.1. The lowest BCUT2D eigenvalue weighted by molar-refractivity contribution is 1.38. The van der Waals surface area contributed by atoms with E-state index in [1.807, 2.05) is 24.4 Å². The number of halogens is 2. The number of aromatic amines is 1. The standard InChI is InChI=1S/C16H9IN4S.ClH/c17-14-6-12-15(10(7-18)8-20-16(12)22-14)21-11-1-2-13-9(5-11)3-4-19-13;/h1-6,8,19H,(H,20,21);1H. The molecule has 4 aromatic rings. The Morgan fingerprint density at radius 2 is 2.13 bits per heavy atom. The smallest absolute Gasteiger partial charge is 0.126 e. The fourth-order valence-corrected chi connectivity index (χ4v) is 4.13. The molecular formula is C16H10ClIN4S. The monoisotopic (exact) mass is 452 g/mol. The molecule has 0 fully saturated rings. The lowest BCUT2D eigenvalue weighted by Gasteiger charge is -2.09. The number of hydrogen-bond acceptors (Lipinski definition) is 4. The molecule has 3 aromatic heterocycles. The number of nitrogens with zero attached hydrogens (tertiary/aromatic N) is 2. The van der Waals surface area contributed by atoms with E-state index in [4.69, 9.17) is 0 Å². The zero-order valence-electron chi connectivity index (χ0n) is 11.6. The van der Waals surface area contributed by atoms with Gasteiger partial charge in [0.1, 0.15) is 10.9 Å². The van der Waals surface area contributed by atoms with Crippen LogP contribution in [0.15, 0.2) is 42.7 Å². The fraction of sp³-hybridized carbons (Fsp3) is 0. The number of pyridine rings is 1. The molecule has 1 aromatic carbocycles. The van der Waals surface area contributed by atoms with Crippen molar-refractivity contribution in [3.8, 4) is 6.07 Å². The summed E-state index contributed by atoms with van der Waals surface area (Å²) >= 11 is 3.90. The van der Waals surface area contributed by atoms with Crippen LogP contribution >= 0.6 is 46.3 Å². The number of anilines is 2. The summed E-state index contributed by atoms with van der Waals surface area (Å²) in [6.45, 7) is 0. The van der Waals surface area contributed by atoms with Crippen LogP contribution in [0, 0.1) is 14.2 Å². The molecule has 2 N–H and O–H groups in total. The van der Waals surface area contributed by atoms with Crippen LogP contribution in [0.25, 0.3) is 21.1 Å². The van der Waals surface area contributed by atoms with Gasteiger partial charge in [0.25, 0.3) is 0 Å². The van der Waals surface area contributed by atoms with E-state index in [1.165, 1.54) is 0 Å². The average molecular weight is 453 g/mol.